The van der Waals surface area contributed by atoms with Gasteiger partial charge in [-0.25, -0.2) is 0 Å². The van der Waals surface area contributed by atoms with Crippen molar-refractivity contribution in [3.63, 3.8) is 0 Å². The van der Waals surface area contributed by atoms with Crippen LogP contribution in [-0.2, 0) is 0 Å². The molecule has 0 unspecified atom stereocenters. The van der Waals surface area contributed by atoms with Crippen molar-refractivity contribution in [3.05, 3.63) is 62.7 Å². The molecule has 0 N–H and O–H groups in total. The number of benzene rings is 2. The number of hydrogen-bond donors (Lipinski definition) is 0. The lowest BCUT2D eigenvalue weighted by Crippen LogP contribution is -2.30. The summed E-state index contributed by atoms with van der Waals surface area (Å²) in [6.07, 6.45) is 1.21. The van der Waals surface area contributed by atoms with Gasteiger partial charge in [0.15, 0.2) is 0 Å². The Kier molecular flexibility index (Phi) is 6.30. The zero-order valence-corrected chi connectivity index (χ0v) is 15.1. The molecule has 2 aromatic rings. The second-order valence-corrected chi connectivity index (χ2v) is 5.82. The minimum absolute atomic E-state index is 0.00433. The second kappa shape index (κ2) is 8.44. The predicted octanol–water partition coefficient (Wildman–Crippen LogP) is 3.55. The van der Waals surface area contributed by atoms with Gasteiger partial charge in [0, 0.05) is 36.0 Å². The third-order valence-corrected chi connectivity index (χ3v) is 3.97. The molecule has 0 spiro atoms. The van der Waals surface area contributed by atoms with Crippen molar-refractivity contribution in [2.75, 3.05) is 13.1 Å². The van der Waals surface area contributed by atoms with Gasteiger partial charge in [-0.15, -0.1) is 0 Å². The fourth-order valence-corrected chi connectivity index (χ4v) is 2.61. The van der Waals surface area contributed by atoms with E-state index in [0.29, 0.717) is 24.3 Å². The molecule has 0 fully saturated rings. The highest BCUT2D eigenvalue weighted by Crippen LogP contribution is 2.30. The maximum absolute atomic E-state index is 12.4. The van der Waals surface area contributed by atoms with Crippen LogP contribution in [0.4, 0.5) is 11.4 Å². The van der Waals surface area contributed by atoms with E-state index < -0.39 is 16.4 Å². The van der Waals surface area contributed by atoms with Gasteiger partial charge in [-0.1, -0.05) is 17.7 Å². The average molecular weight is 375 g/mol. The molecular weight excluding hydrogens is 358 g/mol. The van der Waals surface area contributed by atoms with Crippen molar-refractivity contribution in [3.8, 4) is 5.75 Å². The van der Waals surface area contributed by atoms with Crippen LogP contribution in [0.1, 0.15) is 29.8 Å². The summed E-state index contributed by atoms with van der Waals surface area (Å²) in [6, 6.07) is 8.94. The number of halogens is 1. The fourth-order valence-electron chi connectivity index (χ4n) is 2.39. The van der Waals surface area contributed by atoms with Crippen LogP contribution in [0.5, 0.6) is 5.75 Å². The molecule has 0 aromatic heterocycles. The number of aliphatic imine (C=N–C) groups is 1. The summed E-state index contributed by atoms with van der Waals surface area (Å²) in [4.78, 5) is 28.3. The monoisotopic (exact) mass is 374 g/mol. The van der Waals surface area contributed by atoms with Crippen molar-refractivity contribution < 1.29 is 14.8 Å². The third-order valence-electron chi connectivity index (χ3n) is 3.76. The second-order valence-electron chi connectivity index (χ2n) is 5.39. The van der Waals surface area contributed by atoms with Gasteiger partial charge >= 0.3 is 0 Å². The van der Waals surface area contributed by atoms with E-state index in [1.807, 2.05) is 13.8 Å². The van der Waals surface area contributed by atoms with Gasteiger partial charge in [-0.2, -0.15) is 0 Å². The Morgan fingerprint density at radius 1 is 1.27 bits per heavy atom. The molecule has 8 heteroatoms. The Balaban J connectivity index is 2.34. The molecule has 2 aromatic carbocycles. The first kappa shape index (κ1) is 19.4. The van der Waals surface area contributed by atoms with Crippen LogP contribution >= 0.6 is 11.6 Å². The van der Waals surface area contributed by atoms with Crippen LogP contribution in [0.3, 0.4) is 0 Å². The summed E-state index contributed by atoms with van der Waals surface area (Å²) in [5.74, 6) is -0.881. The van der Waals surface area contributed by atoms with Crippen LogP contribution in [0.2, 0.25) is 5.02 Å². The molecule has 0 bridgehead atoms. The van der Waals surface area contributed by atoms with E-state index in [1.54, 1.807) is 29.2 Å². The normalized spacial score (nSPS) is 10.9. The van der Waals surface area contributed by atoms with E-state index in [0.717, 1.165) is 6.07 Å². The summed E-state index contributed by atoms with van der Waals surface area (Å²) in [5, 5.41) is 23.0. The molecule has 0 aliphatic heterocycles. The molecule has 0 heterocycles. The third kappa shape index (κ3) is 4.37. The molecule has 0 atom stereocenters. The predicted molar refractivity (Wildman–Crippen MR) is 98.5 cm³/mol. The molecule has 7 nitrogen and oxygen atoms in total. The van der Waals surface area contributed by atoms with Crippen LogP contribution in [-0.4, -0.2) is 35.0 Å². The molecule has 1 amide bonds. The highest BCUT2D eigenvalue weighted by Gasteiger charge is 2.13. The summed E-state index contributed by atoms with van der Waals surface area (Å²) in [7, 11) is 0. The van der Waals surface area contributed by atoms with Crippen molar-refractivity contribution in [1.82, 2.24) is 4.90 Å². The Hall–Kier alpha value is -2.93. The molecular formula is C18H17ClN3O4-. The molecule has 0 saturated heterocycles. The number of rotatable bonds is 6. The van der Waals surface area contributed by atoms with Crippen molar-refractivity contribution in [2.24, 2.45) is 4.99 Å². The minimum atomic E-state index is -0.783. The first-order chi connectivity index (χ1) is 12.4. The molecule has 136 valence electrons. The van der Waals surface area contributed by atoms with Crippen LogP contribution in [0, 0.1) is 10.1 Å². The average Bonchev–Trinajstić information content (AvgIpc) is 2.63. The number of nitrogens with zero attached hydrogens (tertiary/aromatic N) is 3. The Morgan fingerprint density at radius 3 is 2.58 bits per heavy atom. The number of carbonyl (C=O) groups is 1. The maximum Gasteiger partial charge on any atom is 0.263 e. The minimum Gasteiger partial charge on any atom is -0.867 e. The molecule has 0 saturated carbocycles. The SMILES string of the molecule is CCN(CC)C(=O)c1cccc(N=Cc2cc(Cl)cc([N+](=O)[O-])c2[O-])c1. The first-order valence-electron chi connectivity index (χ1n) is 7.95. The maximum atomic E-state index is 12.4. The summed E-state index contributed by atoms with van der Waals surface area (Å²) < 4.78 is 0. The van der Waals surface area contributed by atoms with Crippen molar-refractivity contribution in [1.29, 1.82) is 0 Å². The number of hydrogen-bond acceptors (Lipinski definition) is 5. The van der Waals surface area contributed by atoms with E-state index in [4.69, 9.17) is 11.6 Å². The molecule has 0 radical (unpaired) electrons. The first-order valence-corrected chi connectivity index (χ1v) is 8.33. The van der Waals surface area contributed by atoms with Gasteiger partial charge in [-0.3, -0.25) is 19.9 Å². The van der Waals surface area contributed by atoms with E-state index in [-0.39, 0.29) is 16.5 Å². The number of nitro groups is 1. The standard InChI is InChI=1S/C18H18ClN3O4/c1-3-21(4-2)18(24)12-6-5-7-15(9-12)20-11-13-8-14(19)10-16(17(13)23)22(25)26/h5-11,23H,3-4H2,1-2H3/p-1. The molecule has 0 aliphatic rings. The quantitative estimate of drug-likeness (QED) is 0.438. The van der Waals surface area contributed by atoms with Crippen molar-refractivity contribution >= 4 is 35.1 Å². The highest BCUT2D eigenvalue weighted by molar-refractivity contribution is 6.31. The lowest BCUT2D eigenvalue weighted by molar-refractivity contribution is -0.398. The number of amides is 1. The topological polar surface area (TPSA) is 98.9 Å². The van der Waals surface area contributed by atoms with Crippen LogP contribution in [0.15, 0.2) is 41.4 Å². The van der Waals surface area contributed by atoms with Gasteiger partial charge in [0.05, 0.1) is 10.6 Å². The van der Waals surface area contributed by atoms with Gasteiger partial charge < -0.3 is 10.0 Å². The molecule has 26 heavy (non-hydrogen) atoms. The summed E-state index contributed by atoms with van der Waals surface area (Å²) in [5.41, 5.74) is 0.321. The van der Waals surface area contributed by atoms with Gasteiger partial charge in [0.25, 0.3) is 11.6 Å². The van der Waals surface area contributed by atoms with Crippen LogP contribution in [0.25, 0.3) is 0 Å². The summed E-state index contributed by atoms with van der Waals surface area (Å²) in [6.45, 7) is 4.97. The highest BCUT2D eigenvalue weighted by atomic mass is 35.5. The number of carbonyl (C=O) groups excluding carboxylic acids is 1. The Bertz CT molecular complexity index is 864. The molecule has 0 aliphatic carbocycles. The lowest BCUT2D eigenvalue weighted by Gasteiger charge is -2.18. The zero-order chi connectivity index (χ0) is 19.3. The summed E-state index contributed by atoms with van der Waals surface area (Å²) >= 11 is 5.83. The van der Waals surface area contributed by atoms with E-state index >= 15 is 0 Å². The van der Waals surface area contributed by atoms with E-state index in [2.05, 4.69) is 4.99 Å². The van der Waals surface area contributed by atoms with Gasteiger partial charge in [-0.05, 0) is 49.4 Å². The van der Waals surface area contributed by atoms with Gasteiger partial charge in [0.2, 0.25) is 0 Å². The Labute approximate surface area is 155 Å². The molecule has 2 rings (SSSR count). The van der Waals surface area contributed by atoms with Crippen molar-refractivity contribution in [2.45, 2.75) is 13.8 Å². The van der Waals surface area contributed by atoms with E-state index in [1.165, 1.54) is 12.3 Å². The largest absolute Gasteiger partial charge is 0.867 e. The zero-order valence-electron chi connectivity index (χ0n) is 14.3. The fraction of sp³-hybridized carbons (Fsp3) is 0.222. The van der Waals surface area contributed by atoms with Crippen LogP contribution < -0.4 is 5.11 Å². The Morgan fingerprint density at radius 2 is 1.96 bits per heavy atom. The lowest BCUT2D eigenvalue weighted by atomic mass is 10.1. The van der Waals surface area contributed by atoms with Gasteiger partial charge in [0.1, 0.15) is 0 Å². The smallest absolute Gasteiger partial charge is 0.263 e. The van der Waals surface area contributed by atoms with E-state index in [9.17, 15) is 20.0 Å². The number of nitro benzene ring substituents is 1.